The van der Waals surface area contributed by atoms with Crippen molar-refractivity contribution in [2.45, 2.75) is 19.3 Å². The van der Waals surface area contributed by atoms with Gasteiger partial charge in [-0.2, -0.15) is 0 Å². The molecule has 1 unspecified atom stereocenters. The zero-order valence-electron chi connectivity index (χ0n) is 12.4. The van der Waals surface area contributed by atoms with Crippen molar-refractivity contribution in [2.24, 2.45) is 5.92 Å². The van der Waals surface area contributed by atoms with Gasteiger partial charge in [-0.15, -0.1) is 11.3 Å². The molecular formula is C17H21NO2S. The minimum absolute atomic E-state index is 0.0549. The molecule has 0 amide bonds. The number of thiophene rings is 1. The third kappa shape index (κ3) is 3.27. The Hall–Kier alpha value is -1.39. The SMILES string of the molecule is COC(=O)C1CCCN(CCc2csc3ccccc23)C1. The van der Waals surface area contributed by atoms with E-state index in [-0.39, 0.29) is 11.9 Å². The largest absolute Gasteiger partial charge is 0.469 e. The number of ether oxygens (including phenoxy) is 1. The van der Waals surface area contributed by atoms with Gasteiger partial charge in [0.15, 0.2) is 0 Å². The predicted octanol–water partition coefficient (Wildman–Crippen LogP) is 3.33. The van der Waals surface area contributed by atoms with Crippen molar-refractivity contribution < 1.29 is 9.53 Å². The van der Waals surface area contributed by atoms with E-state index in [0.717, 1.165) is 38.9 Å². The summed E-state index contributed by atoms with van der Waals surface area (Å²) in [6.07, 6.45) is 3.10. The first-order valence-electron chi connectivity index (χ1n) is 7.53. The first kappa shape index (κ1) is 14.5. The summed E-state index contributed by atoms with van der Waals surface area (Å²) in [6.45, 7) is 2.96. The molecule has 4 heteroatoms. The summed E-state index contributed by atoms with van der Waals surface area (Å²) in [5.74, 6) is 0.00338. The highest BCUT2D eigenvalue weighted by Gasteiger charge is 2.26. The van der Waals surface area contributed by atoms with Crippen molar-refractivity contribution in [3.63, 3.8) is 0 Å². The molecule has 0 N–H and O–H groups in total. The molecule has 0 aliphatic carbocycles. The Morgan fingerprint density at radius 2 is 2.29 bits per heavy atom. The van der Waals surface area contributed by atoms with Gasteiger partial charge in [-0.25, -0.2) is 0 Å². The molecule has 2 heterocycles. The van der Waals surface area contributed by atoms with E-state index in [9.17, 15) is 4.79 Å². The maximum atomic E-state index is 11.7. The number of esters is 1. The van der Waals surface area contributed by atoms with Gasteiger partial charge in [0.2, 0.25) is 0 Å². The van der Waals surface area contributed by atoms with E-state index in [1.807, 2.05) is 11.3 Å². The van der Waals surface area contributed by atoms with Crippen LogP contribution in [-0.4, -0.2) is 37.6 Å². The van der Waals surface area contributed by atoms with E-state index in [0.29, 0.717) is 0 Å². The summed E-state index contributed by atoms with van der Waals surface area (Å²) < 4.78 is 6.24. The van der Waals surface area contributed by atoms with Crippen molar-refractivity contribution >= 4 is 27.4 Å². The van der Waals surface area contributed by atoms with Gasteiger partial charge in [-0.1, -0.05) is 18.2 Å². The minimum Gasteiger partial charge on any atom is -0.469 e. The monoisotopic (exact) mass is 303 g/mol. The summed E-state index contributed by atoms with van der Waals surface area (Å²) in [6, 6.07) is 8.58. The minimum atomic E-state index is -0.0549. The molecule has 112 valence electrons. The summed E-state index contributed by atoms with van der Waals surface area (Å²) in [4.78, 5) is 14.1. The number of piperidine rings is 1. The van der Waals surface area contributed by atoms with Crippen LogP contribution in [0.3, 0.4) is 0 Å². The van der Waals surface area contributed by atoms with Gasteiger partial charge in [-0.3, -0.25) is 4.79 Å². The standard InChI is InChI=1S/C17H21NO2S/c1-20-17(19)13-5-4-9-18(11-13)10-8-14-12-21-16-7-3-2-6-15(14)16/h2-3,6-7,12-13H,4-5,8-11H2,1H3. The van der Waals surface area contributed by atoms with Crippen molar-refractivity contribution in [3.05, 3.63) is 35.2 Å². The van der Waals surface area contributed by atoms with Gasteiger partial charge >= 0.3 is 5.97 Å². The van der Waals surface area contributed by atoms with Gasteiger partial charge in [0.1, 0.15) is 0 Å². The third-order valence-corrected chi connectivity index (χ3v) is 5.31. The lowest BCUT2D eigenvalue weighted by molar-refractivity contribution is -0.147. The number of carbonyl (C=O) groups excluding carboxylic acids is 1. The average molecular weight is 303 g/mol. The highest BCUT2D eigenvalue weighted by Crippen LogP contribution is 2.26. The van der Waals surface area contributed by atoms with E-state index < -0.39 is 0 Å². The molecule has 1 saturated heterocycles. The van der Waals surface area contributed by atoms with E-state index in [2.05, 4.69) is 34.5 Å². The van der Waals surface area contributed by atoms with Gasteiger partial charge in [-0.05, 0) is 48.2 Å². The molecule has 21 heavy (non-hydrogen) atoms. The molecular weight excluding hydrogens is 282 g/mol. The van der Waals surface area contributed by atoms with Gasteiger partial charge < -0.3 is 9.64 Å². The number of likely N-dealkylation sites (tertiary alicyclic amines) is 1. The van der Waals surface area contributed by atoms with Crippen molar-refractivity contribution in [1.82, 2.24) is 4.90 Å². The maximum Gasteiger partial charge on any atom is 0.309 e. The first-order chi connectivity index (χ1) is 10.3. The van der Waals surface area contributed by atoms with Crippen molar-refractivity contribution in [2.75, 3.05) is 26.7 Å². The van der Waals surface area contributed by atoms with E-state index in [4.69, 9.17) is 4.74 Å². The zero-order valence-corrected chi connectivity index (χ0v) is 13.2. The number of fused-ring (bicyclic) bond motifs is 1. The second-order valence-corrected chi connectivity index (χ2v) is 6.58. The van der Waals surface area contributed by atoms with E-state index in [1.165, 1.54) is 22.8 Å². The Bertz CT molecular complexity index is 622. The lowest BCUT2D eigenvalue weighted by Crippen LogP contribution is -2.40. The summed E-state index contributed by atoms with van der Waals surface area (Å²) >= 11 is 1.82. The van der Waals surface area contributed by atoms with Crippen LogP contribution in [0, 0.1) is 5.92 Å². The van der Waals surface area contributed by atoms with Crippen LogP contribution < -0.4 is 0 Å². The quantitative estimate of drug-likeness (QED) is 0.811. The first-order valence-corrected chi connectivity index (χ1v) is 8.41. The Balaban J connectivity index is 1.61. The molecule has 1 aliphatic heterocycles. The van der Waals surface area contributed by atoms with Gasteiger partial charge in [0.05, 0.1) is 13.0 Å². The van der Waals surface area contributed by atoms with E-state index in [1.54, 1.807) is 0 Å². The van der Waals surface area contributed by atoms with Crippen LogP contribution in [0.25, 0.3) is 10.1 Å². The van der Waals surface area contributed by atoms with E-state index >= 15 is 0 Å². The number of hydrogen-bond donors (Lipinski definition) is 0. The Morgan fingerprint density at radius 3 is 3.14 bits per heavy atom. The number of carbonyl (C=O) groups is 1. The zero-order chi connectivity index (χ0) is 14.7. The summed E-state index contributed by atoms with van der Waals surface area (Å²) in [7, 11) is 1.48. The topological polar surface area (TPSA) is 29.5 Å². The molecule has 1 aliphatic rings. The molecule has 2 aromatic rings. The Morgan fingerprint density at radius 1 is 1.43 bits per heavy atom. The number of methoxy groups -OCH3 is 1. The molecule has 0 bridgehead atoms. The average Bonchev–Trinajstić information content (AvgIpc) is 2.95. The Labute approximate surface area is 129 Å². The fourth-order valence-corrected chi connectivity index (χ4v) is 4.12. The molecule has 0 spiro atoms. The fraction of sp³-hybridized carbons (Fsp3) is 0.471. The Kier molecular flexibility index (Phi) is 4.56. The molecule has 1 atom stereocenters. The van der Waals surface area contributed by atoms with Gasteiger partial charge in [0.25, 0.3) is 0 Å². The van der Waals surface area contributed by atoms with Crippen LogP contribution >= 0.6 is 11.3 Å². The number of nitrogens with zero attached hydrogens (tertiary/aromatic N) is 1. The van der Waals surface area contributed by atoms with Crippen LogP contribution in [0.2, 0.25) is 0 Å². The second kappa shape index (κ2) is 6.58. The normalized spacial score (nSPS) is 19.8. The number of hydrogen-bond acceptors (Lipinski definition) is 4. The lowest BCUT2D eigenvalue weighted by Gasteiger charge is -2.31. The highest BCUT2D eigenvalue weighted by molar-refractivity contribution is 7.17. The van der Waals surface area contributed by atoms with Crippen molar-refractivity contribution in [1.29, 1.82) is 0 Å². The van der Waals surface area contributed by atoms with Crippen LogP contribution in [0.4, 0.5) is 0 Å². The molecule has 3 nitrogen and oxygen atoms in total. The lowest BCUT2D eigenvalue weighted by atomic mass is 9.98. The van der Waals surface area contributed by atoms with Gasteiger partial charge in [0, 0.05) is 17.8 Å². The van der Waals surface area contributed by atoms with Crippen LogP contribution in [0.15, 0.2) is 29.6 Å². The summed E-state index contributed by atoms with van der Waals surface area (Å²) in [5, 5.41) is 3.65. The second-order valence-electron chi connectivity index (χ2n) is 5.67. The van der Waals surface area contributed by atoms with Crippen LogP contribution in [0.1, 0.15) is 18.4 Å². The van der Waals surface area contributed by atoms with Crippen molar-refractivity contribution in [3.8, 4) is 0 Å². The number of benzene rings is 1. The molecule has 1 fully saturated rings. The molecule has 3 rings (SSSR count). The smallest absolute Gasteiger partial charge is 0.309 e. The molecule has 1 aromatic carbocycles. The third-order valence-electron chi connectivity index (χ3n) is 4.30. The number of rotatable bonds is 4. The molecule has 0 radical (unpaired) electrons. The van der Waals surface area contributed by atoms with Crippen LogP contribution in [-0.2, 0) is 16.0 Å². The molecule has 1 aromatic heterocycles. The predicted molar refractivity (Wildman–Crippen MR) is 86.7 cm³/mol. The van der Waals surface area contributed by atoms with Crippen LogP contribution in [0.5, 0.6) is 0 Å². The maximum absolute atomic E-state index is 11.7. The highest BCUT2D eigenvalue weighted by atomic mass is 32.1. The molecule has 0 saturated carbocycles. The summed E-state index contributed by atoms with van der Waals surface area (Å²) in [5.41, 5.74) is 1.43. The fourth-order valence-electron chi connectivity index (χ4n) is 3.12.